The smallest absolute Gasteiger partial charge is 0.251 e. The fraction of sp³-hybridized carbons (Fsp3) is 0.480. The molecule has 0 atom stereocenters. The van der Waals surface area contributed by atoms with Gasteiger partial charge in [-0.05, 0) is 68.4 Å². The summed E-state index contributed by atoms with van der Waals surface area (Å²) in [5.41, 5.74) is 3.93. The Morgan fingerprint density at radius 1 is 0.867 bits per heavy atom. The van der Waals surface area contributed by atoms with Crippen molar-refractivity contribution in [2.24, 2.45) is 0 Å². The first kappa shape index (κ1) is 22.5. The van der Waals surface area contributed by atoms with E-state index in [2.05, 4.69) is 5.32 Å². The van der Waals surface area contributed by atoms with E-state index in [-0.39, 0.29) is 16.9 Å². The first-order valence-electron chi connectivity index (χ1n) is 11.0. The highest BCUT2D eigenvalue weighted by Gasteiger charge is 2.17. The van der Waals surface area contributed by atoms with Crippen molar-refractivity contribution in [3.63, 3.8) is 0 Å². The molecule has 0 bridgehead atoms. The van der Waals surface area contributed by atoms with E-state index in [0.717, 1.165) is 36.8 Å². The molecule has 1 amide bonds. The summed E-state index contributed by atoms with van der Waals surface area (Å²) in [6.45, 7) is 3.43. The van der Waals surface area contributed by atoms with Gasteiger partial charge in [0.05, 0.1) is 11.0 Å². The van der Waals surface area contributed by atoms with Gasteiger partial charge in [-0.15, -0.1) is 0 Å². The van der Waals surface area contributed by atoms with Gasteiger partial charge in [0.1, 0.15) is 0 Å². The molecule has 1 aliphatic rings. The Labute approximate surface area is 181 Å². The minimum absolute atomic E-state index is 0.0281. The number of sulfone groups is 1. The summed E-state index contributed by atoms with van der Waals surface area (Å²) in [5.74, 6) is 0.121. The molecule has 162 valence electrons. The van der Waals surface area contributed by atoms with Gasteiger partial charge < -0.3 is 5.32 Å². The second-order valence-corrected chi connectivity index (χ2v) is 11.2. The summed E-state index contributed by atoms with van der Waals surface area (Å²) in [4.78, 5) is 12.4. The highest BCUT2D eigenvalue weighted by Crippen LogP contribution is 2.18. The van der Waals surface area contributed by atoms with Gasteiger partial charge in [0.15, 0.2) is 9.84 Å². The number of carbonyl (C=O) groups excluding carboxylic acids is 1. The molecule has 2 aromatic carbocycles. The van der Waals surface area contributed by atoms with E-state index in [1.807, 2.05) is 48.5 Å². The van der Waals surface area contributed by atoms with Crippen LogP contribution in [-0.2, 0) is 28.4 Å². The molecule has 0 aliphatic heterocycles. The topological polar surface area (TPSA) is 63.2 Å². The van der Waals surface area contributed by atoms with Crippen LogP contribution in [-0.4, -0.2) is 25.6 Å². The molecule has 1 fully saturated rings. The zero-order valence-electron chi connectivity index (χ0n) is 18.1. The average molecular weight is 428 g/mol. The lowest BCUT2D eigenvalue weighted by atomic mass is 9.95. The number of rotatable bonds is 8. The van der Waals surface area contributed by atoms with Crippen LogP contribution >= 0.6 is 0 Å². The van der Waals surface area contributed by atoms with Crippen molar-refractivity contribution in [2.75, 3.05) is 0 Å². The van der Waals surface area contributed by atoms with Crippen molar-refractivity contribution >= 4 is 15.7 Å². The third-order valence-corrected chi connectivity index (χ3v) is 8.14. The lowest BCUT2D eigenvalue weighted by Crippen LogP contribution is -2.36. The predicted molar refractivity (Wildman–Crippen MR) is 122 cm³/mol. The van der Waals surface area contributed by atoms with E-state index in [1.54, 1.807) is 13.8 Å². The monoisotopic (exact) mass is 427 g/mol. The molecule has 1 N–H and O–H groups in total. The molecular formula is C25H33NO3S. The van der Waals surface area contributed by atoms with Crippen LogP contribution in [0.25, 0.3) is 0 Å². The standard InChI is InChI=1S/C25H33NO3S/c1-19(2)30(28,29)18-22-12-10-20(11-13-22)8-9-21-14-16-23(17-15-21)25(27)26-24-6-4-3-5-7-24/h10-17,19,24H,3-9,18H2,1-2H3,(H,26,27). The first-order valence-corrected chi connectivity index (χ1v) is 12.7. The largest absolute Gasteiger partial charge is 0.349 e. The van der Waals surface area contributed by atoms with Crippen LogP contribution < -0.4 is 5.32 Å². The van der Waals surface area contributed by atoms with Crippen molar-refractivity contribution < 1.29 is 13.2 Å². The Morgan fingerprint density at radius 3 is 1.90 bits per heavy atom. The minimum atomic E-state index is -3.07. The molecule has 5 heteroatoms. The van der Waals surface area contributed by atoms with E-state index < -0.39 is 9.84 Å². The number of nitrogens with one attached hydrogen (secondary N) is 1. The van der Waals surface area contributed by atoms with Crippen molar-refractivity contribution in [1.82, 2.24) is 5.32 Å². The van der Waals surface area contributed by atoms with E-state index in [9.17, 15) is 13.2 Å². The zero-order valence-corrected chi connectivity index (χ0v) is 18.9. The fourth-order valence-electron chi connectivity index (χ4n) is 3.83. The molecule has 30 heavy (non-hydrogen) atoms. The average Bonchev–Trinajstić information content (AvgIpc) is 2.74. The van der Waals surface area contributed by atoms with E-state index in [4.69, 9.17) is 0 Å². The van der Waals surface area contributed by atoms with Crippen LogP contribution in [0.2, 0.25) is 0 Å². The maximum atomic E-state index is 12.4. The maximum absolute atomic E-state index is 12.4. The van der Waals surface area contributed by atoms with Gasteiger partial charge in [-0.3, -0.25) is 4.79 Å². The third kappa shape index (κ3) is 6.43. The second kappa shape index (κ2) is 10.3. The third-order valence-electron chi connectivity index (χ3n) is 5.97. The minimum Gasteiger partial charge on any atom is -0.349 e. The second-order valence-electron chi connectivity index (χ2n) is 8.68. The number of hydrogen-bond acceptors (Lipinski definition) is 3. The SMILES string of the molecule is CC(C)S(=O)(=O)Cc1ccc(CCc2ccc(C(=O)NC3CCCCC3)cc2)cc1. The summed E-state index contributed by atoms with van der Waals surface area (Å²) in [7, 11) is -3.07. The number of benzene rings is 2. The number of carbonyl (C=O) groups is 1. The molecule has 0 saturated heterocycles. The van der Waals surface area contributed by atoms with Crippen molar-refractivity contribution in [3.8, 4) is 0 Å². The summed E-state index contributed by atoms with van der Waals surface area (Å²) in [5, 5.41) is 2.80. The van der Waals surface area contributed by atoms with Crippen LogP contribution in [0.15, 0.2) is 48.5 Å². The van der Waals surface area contributed by atoms with Gasteiger partial charge in [-0.1, -0.05) is 55.7 Å². The van der Waals surface area contributed by atoms with Crippen molar-refractivity contribution in [2.45, 2.75) is 75.8 Å². The van der Waals surface area contributed by atoms with Gasteiger partial charge in [0.25, 0.3) is 5.91 Å². The quantitative estimate of drug-likeness (QED) is 0.654. The first-order chi connectivity index (χ1) is 14.3. The fourth-order valence-corrected chi connectivity index (χ4v) is 4.82. The van der Waals surface area contributed by atoms with Gasteiger partial charge >= 0.3 is 0 Å². The maximum Gasteiger partial charge on any atom is 0.251 e. The summed E-state index contributed by atoms with van der Waals surface area (Å²) in [6, 6.07) is 16.0. The Bertz CT molecular complexity index is 925. The van der Waals surface area contributed by atoms with E-state index in [1.165, 1.54) is 30.4 Å². The zero-order chi connectivity index (χ0) is 21.6. The molecule has 1 aliphatic carbocycles. The highest BCUT2D eigenvalue weighted by atomic mass is 32.2. The molecule has 4 nitrogen and oxygen atoms in total. The Hall–Kier alpha value is -2.14. The summed E-state index contributed by atoms with van der Waals surface area (Å²) >= 11 is 0. The van der Waals surface area contributed by atoms with Gasteiger partial charge in [0.2, 0.25) is 0 Å². The van der Waals surface area contributed by atoms with Crippen LogP contribution in [0, 0.1) is 0 Å². The molecule has 0 unspecified atom stereocenters. The van der Waals surface area contributed by atoms with Crippen LogP contribution in [0.3, 0.4) is 0 Å². The van der Waals surface area contributed by atoms with Gasteiger partial charge in [-0.2, -0.15) is 0 Å². The summed E-state index contributed by atoms with van der Waals surface area (Å²) in [6.07, 6.45) is 7.63. The number of amides is 1. The lowest BCUT2D eigenvalue weighted by Gasteiger charge is -2.22. The Morgan fingerprint density at radius 2 is 1.37 bits per heavy atom. The normalized spacial score (nSPS) is 15.3. The molecule has 0 radical (unpaired) electrons. The van der Waals surface area contributed by atoms with Crippen LogP contribution in [0.4, 0.5) is 0 Å². The number of aryl methyl sites for hydroxylation is 2. The molecule has 1 saturated carbocycles. The van der Waals surface area contributed by atoms with Gasteiger partial charge in [0, 0.05) is 11.6 Å². The molecule has 0 spiro atoms. The van der Waals surface area contributed by atoms with Crippen molar-refractivity contribution in [3.05, 3.63) is 70.8 Å². The van der Waals surface area contributed by atoms with E-state index in [0.29, 0.717) is 6.04 Å². The molecular weight excluding hydrogens is 394 g/mol. The molecule has 3 rings (SSSR count). The molecule has 0 heterocycles. The Balaban J connectivity index is 1.50. The Kier molecular flexibility index (Phi) is 7.70. The highest BCUT2D eigenvalue weighted by molar-refractivity contribution is 7.91. The molecule has 0 aromatic heterocycles. The van der Waals surface area contributed by atoms with Gasteiger partial charge in [-0.25, -0.2) is 8.42 Å². The lowest BCUT2D eigenvalue weighted by molar-refractivity contribution is 0.0927. The van der Waals surface area contributed by atoms with E-state index >= 15 is 0 Å². The van der Waals surface area contributed by atoms with Crippen LogP contribution in [0.1, 0.15) is 73.0 Å². The number of hydrogen-bond donors (Lipinski definition) is 1. The summed E-state index contributed by atoms with van der Waals surface area (Å²) < 4.78 is 24.1. The predicted octanol–water partition coefficient (Wildman–Crippen LogP) is 4.86. The van der Waals surface area contributed by atoms with Crippen molar-refractivity contribution in [1.29, 1.82) is 0 Å². The molecule has 2 aromatic rings. The van der Waals surface area contributed by atoms with Crippen LogP contribution in [0.5, 0.6) is 0 Å².